The van der Waals surface area contributed by atoms with E-state index in [9.17, 15) is 12.8 Å². The molecule has 0 aliphatic carbocycles. The maximum absolute atomic E-state index is 13.7. The standard InChI is InChI=1S/C16H17FN2O3S/c1-11-4-7-14(8-5-11)23(20,21)19-18-12(2)13-6-9-16(22-3)15(17)10-13/h4-10,19H,1-3H3/b18-12+. The number of nitrogens with zero attached hydrogens (tertiary/aromatic N) is 1. The zero-order valence-corrected chi connectivity index (χ0v) is 13.8. The molecule has 0 atom stereocenters. The summed E-state index contributed by atoms with van der Waals surface area (Å²) in [7, 11) is -2.39. The topological polar surface area (TPSA) is 67.8 Å². The van der Waals surface area contributed by atoms with Crippen molar-refractivity contribution in [2.75, 3.05) is 7.11 Å². The average Bonchev–Trinajstić information content (AvgIpc) is 2.53. The van der Waals surface area contributed by atoms with Gasteiger partial charge in [-0.2, -0.15) is 18.4 Å². The highest BCUT2D eigenvalue weighted by molar-refractivity contribution is 7.89. The summed E-state index contributed by atoms with van der Waals surface area (Å²) in [6.07, 6.45) is 0. The number of halogens is 1. The summed E-state index contributed by atoms with van der Waals surface area (Å²) in [6.45, 7) is 3.45. The number of nitrogens with one attached hydrogen (secondary N) is 1. The minimum Gasteiger partial charge on any atom is -0.494 e. The van der Waals surface area contributed by atoms with Crippen LogP contribution in [-0.4, -0.2) is 21.2 Å². The van der Waals surface area contributed by atoms with Crippen LogP contribution in [0.3, 0.4) is 0 Å². The van der Waals surface area contributed by atoms with Crippen molar-refractivity contribution in [1.29, 1.82) is 0 Å². The van der Waals surface area contributed by atoms with Crippen molar-refractivity contribution in [3.05, 3.63) is 59.4 Å². The van der Waals surface area contributed by atoms with Crippen molar-refractivity contribution in [2.24, 2.45) is 5.10 Å². The summed E-state index contributed by atoms with van der Waals surface area (Å²) in [5.41, 5.74) is 1.74. The van der Waals surface area contributed by atoms with Crippen LogP contribution in [0.2, 0.25) is 0 Å². The predicted molar refractivity (Wildman–Crippen MR) is 86.7 cm³/mol. The number of ether oxygens (including phenoxy) is 1. The molecule has 122 valence electrons. The highest BCUT2D eigenvalue weighted by atomic mass is 32.2. The van der Waals surface area contributed by atoms with Crippen LogP contribution in [-0.2, 0) is 10.0 Å². The molecule has 0 aromatic heterocycles. The number of methoxy groups -OCH3 is 1. The molecule has 2 aromatic carbocycles. The Morgan fingerprint density at radius 1 is 1.17 bits per heavy atom. The number of sulfonamides is 1. The van der Waals surface area contributed by atoms with Crippen LogP contribution in [0.4, 0.5) is 4.39 Å². The molecule has 0 saturated carbocycles. The molecule has 5 nitrogen and oxygen atoms in total. The van der Waals surface area contributed by atoms with E-state index in [-0.39, 0.29) is 10.6 Å². The Bertz CT molecular complexity index is 831. The van der Waals surface area contributed by atoms with Crippen LogP contribution in [0.1, 0.15) is 18.1 Å². The summed E-state index contributed by atoms with van der Waals surface area (Å²) in [4.78, 5) is 2.26. The second-order valence-electron chi connectivity index (χ2n) is 4.95. The van der Waals surface area contributed by atoms with Crippen molar-refractivity contribution in [1.82, 2.24) is 4.83 Å². The van der Waals surface area contributed by atoms with Gasteiger partial charge in [0.25, 0.3) is 10.0 Å². The molecule has 0 fully saturated rings. The number of benzene rings is 2. The molecule has 0 heterocycles. The van der Waals surface area contributed by atoms with Crippen molar-refractivity contribution in [3.8, 4) is 5.75 Å². The van der Waals surface area contributed by atoms with E-state index >= 15 is 0 Å². The van der Waals surface area contributed by atoms with Crippen molar-refractivity contribution in [3.63, 3.8) is 0 Å². The molecule has 7 heteroatoms. The fraction of sp³-hybridized carbons (Fsp3) is 0.188. The fourth-order valence-electron chi connectivity index (χ4n) is 1.85. The highest BCUT2D eigenvalue weighted by Gasteiger charge is 2.13. The van der Waals surface area contributed by atoms with Crippen molar-refractivity contribution >= 4 is 15.7 Å². The van der Waals surface area contributed by atoms with Gasteiger partial charge < -0.3 is 4.74 Å². The number of hydrogen-bond donors (Lipinski definition) is 1. The zero-order valence-electron chi connectivity index (χ0n) is 13.0. The zero-order chi connectivity index (χ0) is 17.0. The average molecular weight is 336 g/mol. The number of aryl methyl sites for hydroxylation is 1. The lowest BCUT2D eigenvalue weighted by molar-refractivity contribution is 0.386. The van der Waals surface area contributed by atoms with Gasteiger partial charge in [-0.3, -0.25) is 0 Å². The van der Waals surface area contributed by atoms with E-state index in [2.05, 4.69) is 9.93 Å². The van der Waals surface area contributed by atoms with Gasteiger partial charge in [0.05, 0.1) is 17.7 Å². The maximum Gasteiger partial charge on any atom is 0.276 e. The minimum atomic E-state index is -3.76. The lowest BCUT2D eigenvalue weighted by Gasteiger charge is -2.07. The van der Waals surface area contributed by atoms with E-state index in [1.165, 1.54) is 31.4 Å². The third kappa shape index (κ3) is 4.07. The molecule has 0 radical (unpaired) electrons. The molecule has 1 N–H and O–H groups in total. The van der Waals surface area contributed by atoms with Crippen molar-refractivity contribution in [2.45, 2.75) is 18.7 Å². The molecule has 0 aliphatic rings. The molecule has 0 saturated heterocycles. The summed E-state index contributed by atoms with van der Waals surface area (Å²) in [6, 6.07) is 10.7. The second-order valence-corrected chi connectivity index (χ2v) is 6.62. The largest absolute Gasteiger partial charge is 0.494 e. The predicted octanol–water partition coefficient (Wildman–Crippen LogP) is 2.85. The van der Waals surface area contributed by atoms with E-state index < -0.39 is 15.8 Å². The van der Waals surface area contributed by atoms with E-state index in [4.69, 9.17) is 4.74 Å². The maximum atomic E-state index is 13.7. The quantitative estimate of drug-likeness (QED) is 0.674. The van der Waals surface area contributed by atoms with E-state index in [0.717, 1.165) is 5.56 Å². The molecule has 2 aromatic rings. The lowest BCUT2D eigenvalue weighted by Crippen LogP contribution is -2.20. The summed E-state index contributed by atoms with van der Waals surface area (Å²) >= 11 is 0. The lowest BCUT2D eigenvalue weighted by atomic mass is 10.1. The summed E-state index contributed by atoms with van der Waals surface area (Å²) in [5, 5.41) is 3.83. The van der Waals surface area contributed by atoms with E-state index in [1.807, 2.05) is 6.92 Å². The van der Waals surface area contributed by atoms with Crippen LogP contribution in [0, 0.1) is 12.7 Å². The Hall–Kier alpha value is -2.41. The second kappa shape index (κ2) is 6.78. The Morgan fingerprint density at radius 2 is 1.83 bits per heavy atom. The summed E-state index contributed by atoms with van der Waals surface area (Å²) < 4.78 is 42.8. The van der Waals surface area contributed by atoms with Gasteiger partial charge in [-0.1, -0.05) is 17.7 Å². The van der Waals surface area contributed by atoms with Gasteiger partial charge in [0.15, 0.2) is 11.6 Å². The van der Waals surface area contributed by atoms with Crippen LogP contribution in [0.5, 0.6) is 5.75 Å². The number of rotatable bonds is 5. The highest BCUT2D eigenvalue weighted by Crippen LogP contribution is 2.18. The van der Waals surface area contributed by atoms with Gasteiger partial charge in [0, 0.05) is 5.56 Å². The number of hydrogen-bond acceptors (Lipinski definition) is 4. The normalized spacial score (nSPS) is 12.1. The SMILES string of the molecule is COc1ccc(/C(C)=N/NS(=O)(=O)c2ccc(C)cc2)cc1F. The molecular formula is C16H17FN2O3S. The molecule has 0 bridgehead atoms. The fourth-order valence-corrected chi connectivity index (χ4v) is 2.71. The van der Waals surface area contributed by atoms with Crippen molar-refractivity contribution < 1.29 is 17.5 Å². The van der Waals surface area contributed by atoms with Gasteiger partial charge in [-0.25, -0.2) is 4.39 Å². The number of hydrazone groups is 1. The molecule has 23 heavy (non-hydrogen) atoms. The molecular weight excluding hydrogens is 319 g/mol. The van der Waals surface area contributed by atoms with Crippen LogP contribution in [0.25, 0.3) is 0 Å². The molecule has 2 rings (SSSR count). The first-order chi connectivity index (χ1) is 10.8. The smallest absolute Gasteiger partial charge is 0.276 e. The molecule has 0 unspecified atom stereocenters. The Morgan fingerprint density at radius 3 is 2.39 bits per heavy atom. The van der Waals surface area contributed by atoms with E-state index in [1.54, 1.807) is 25.1 Å². The van der Waals surface area contributed by atoms with Gasteiger partial charge in [-0.05, 0) is 44.2 Å². The first-order valence-corrected chi connectivity index (χ1v) is 8.28. The first-order valence-electron chi connectivity index (χ1n) is 6.80. The Kier molecular flexibility index (Phi) is 5.00. The van der Waals surface area contributed by atoms with Gasteiger partial charge in [0.2, 0.25) is 0 Å². The molecule has 0 aliphatic heterocycles. The van der Waals surface area contributed by atoms with Crippen LogP contribution < -0.4 is 9.57 Å². The monoisotopic (exact) mass is 336 g/mol. The molecule has 0 spiro atoms. The van der Waals surface area contributed by atoms with Crippen LogP contribution in [0.15, 0.2) is 52.5 Å². The minimum absolute atomic E-state index is 0.112. The van der Waals surface area contributed by atoms with Gasteiger partial charge in [0.1, 0.15) is 0 Å². The van der Waals surface area contributed by atoms with Crippen LogP contribution >= 0.6 is 0 Å². The van der Waals surface area contributed by atoms with Gasteiger partial charge in [-0.15, -0.1) is 0 Å². The summed E-state index contributed by atoms with van der Waals surface area (Å²) in [5.74, 6) is -0.428. The van der Waals surface area contributed by atoms with E-state index in [0.29, 0.717) is 11.3 Å². The van der Waals surface area contributed by atoms with Gasteiger partial charge >= 0.3 is 0 Å². The third-order valence-electron chi connectivity index (χ3n) is 3.23. The first kappa shape index (κ1) is 17.0. The third-order valence-corrected chi connectivity index (χ3v) is 4.46. The Labute approximate surface area is 134 Å². The Balaban J connectivity index is 2.21. The molecule has 0 amide bonds.